The first-order valence-electron chi connectivity index (χ1n) is 4.67. The highest BCUT2D eigenvalue weighted by atomic mass is 79.9. The quantitative estimate of drug-likeness (QED) is 0.821. The number of alkyl halides is 1. The van der Waals surface area contributed by atoms with Gasteiger partial charge >= 0.3 is 0 Å². The Bertz CT molecular complexity index is 338. The van der Waals surface area contributed by atoms with Gasteiger partial charge in [-0.25, -0.2) is 0 Å². The summed E-state index contributed by atoms with van der Waals surface area (Å²) in [7, 11) is 0. The summed E-state index contributed by atoms with van der Waals surface area (Å²) in [6.45, 7) is 4.89. The van der Waals surface area contributed by atoms with E-state index < -0.39 is 0 Å². The zero-order valence-electron chi connectivity index (χ0n) is 8.59. The summed E-state index contributed by atoms with van der Waals surface area (Å²) < 4.78 is 0.862. The molecule has 0 spiro atoms. The third kappa shape index (κ3) is 3.89. The van der Waals surface area contributed by atoms with Crippen LogP contribution in [0.2, 0.25) is 0 Å². The molecule has 1 N–H and O–H groups in total. The number of hydrogen-bond acceptors (Lipinski definition) is 2. The molecule has 1 rings (SSSR count). The van der Waals surface area contributed by atoms with Gasteiger partial charge in [0.1, 0.15) is 4.88 Å². The minimum atomic E-state index is -0.0121. The number of halogens is 2. The van der Waals surface area contributed by atoms with Crippen LogP contribution in [0.1, 0.15) is 23.5 Å². The van der Waals surface area contributed by atoms with E-state index in [1.165, 1.54) is 11.3 Å². The number of amides is 1. The van der Waals surface area contributed by atoms with Crippen molar-refractivity contribution >= 4 is 49.1 Å². The topological polar surface area (TPSA) is 29.1 Å². The van der Waals surface area contributed by atoms with E-state index in [1.54, 1.807) is 0 Å². The highest BCUT2D eigenvalue weighted by Crippen LogP contribution is 2.22. The van der Waals surface area contributed by atoms with Crippen molar-refractivity contribution in [2.45, 2.75) is 18.7 Å². The summed E-state index contributed by atoms with van der Waals surface area (Å²) in [6.07, 6.45) is 0. The van der Waals surface area contributed by atoms with Crippen molar-refractivity contribution in [3.8, 4) is 0 Å². The van der Waals surface area contributed by atoms with Gasteiger partial charge in [0.25, 0.3) is 5.91 Å². The van der Waals surface area contributed by atoms with Gasteiger partial charge in [-0.2, -0.15) is 0 Å². The number of rotatable bonds is 4. The normalized spacial score (nSPS) is 12.9. The summed E-state index contributed by atoms with van der Waals surface area (Å²) in [4.78, 5) is 12.8. The van der Waals surface area contributed by atoms with E-state index in [0.717, 1.165) is 9.35 Å². The molecule has 1 atom stereocenters. The SMILES string of the molecule is CC(C)C(Br)CNC(=O)c1sccc1Br. The molecule has 0 aliphatic heterocycles. The van der Waals surface area contributed by atoms with E-state index in [-0.39, 0.29) is 5.91 Å². The molecule has 5 heteroatoms. The number of nitrogens with one attached hydrogen (secondary N) is 1. The van der Waals surface area contributed by atoms with Gasteiger partial charge in [-0.15, -0.1) is 11.3 Å². The first kappa shape index (κ1) is 13.2. The van der Waals surface area contributed by atoms with E-state index in [2.05, 4.69) is 51.0 Å². The van der Waals surface area contributed by atoms with E-state index in [1.807, 2.05) is 11.4 Å². The number of thiophene rings is 1. The standard InChI is InChI=1S/C10H13Br2NOS/c1-6(2)8(12)5-13-10(14)9-7(11)3-4-15-9/h3-4,6,8H,5H2,1-2H3,(H,13,14). The van der Waals surface area contributed by atoms with Crippen LogP contribution in [0.5, 0.6) is 0 Å². The molecule has 1 aromatic rings. The van der Waals surface area contributed by atoms with Crippen LogP contribution in [-0.2, 0) is 0 Å². The smallest absolute Gasteiger partial charge is 0.262 e. The molecule has 0 aliphatic carbocycles. The largest absolute Gasteiger partial charge is 0.350 e. The molecular formula is C10H13Br2NOS. The molecule has 0 saturated carbocycles. The van der Waals surface area contributed by atoms with Crippen LogP contribution >= 0.6 is 43.2 Å². The molecule has 1 aromatic heterocycles. The molecule has 84 valence electrons. The lowest BCUT2D eigenvalue weighted by molar-refractivity contribution is 0.0956. The highest BCUT2D eigenvalue weighted by Gasteiger charge is 2.14. The maximum atomic E-state index is 11.7. The molecule has 0 aliphatic rings. The lowest BCUT2D eigenvalue weighted by atomic mass is 10.1. The Morgan fingerprint density at radius 1 is 1.60 bits per heavy atom. The van der Waals surface area contributed by atoms with Crippen molar-refractivity contribution in [1.29, 1.82) is 0 Å². The van der Waals surface area contributed by atoms with Crippen LogP contribution in [0.25, 0.3) is 0 Å². The van der Waals surface area contributed by atoms with Crippen molar-refractivity contribution in [2.75, 3.05) is 6.54 Å². The predicted octanol–water partition coefficient (Wildman–Crippen LogP) is 3.66. The van der Waals surface area contributed by atoms with E-state index in [0.29, 0.717) is 17.3 Å². The third-order valence-corrected chi connectivity index (χ3v) is 5.22. The Kier molecular flexibility index (Phi) is 5.29. The van der Waals surface area contributed by atoms with Gasteiger partial charge in [0.15, 0.2) is 0 Å². The number of carbonyl (C=O) groups excluding carboxylic acids is 1. The molecule has 2 nitrogen and oxygen atoms in total. The van der Waals surface area contributed by atoms with Crippen molar-refractivity contribution in [3.63, 3.8) is 0 Å². The van der Waals surface area contributed by atoms with Crippen molar-refractivity contribution in [3.05, 3.63) is 20.8 Å². The Morgan fingerprint density at radius 2 is 2.27 bits per heavy atom. The molecule has 15 heavy (non-hydrogen) atoms. The van der Waals surface area contributed by atoms with Crippen LogP contribution in [0.3, 0.4) is 0 Å². The third-order valence-electron chi connectivity index (χ3n) is 2.00. The van der Waals surface area contributed by atoms with Gasteiger partial charge in [0.05, 0.1) is 0 Å². The van der Waals surface area contributed by atoms with E-state index >= 15 is 0 Å². The fraction of sp³-hybridized carbons (Fsp3) is 0.500. The molecule has 1 heterocycles. The summed E-state index contributed by atoms with van der Waals surface area (Å²) in [5.74, 6) is 0.499. The first-order valence-corrected chi connectivity index (χ1v) is 7.26. The Hall–Kier alpha value is 0.130. The van der Waals surface area contributed by atoms with Gasteiger partial charge in [0, 0.05) is 15.8 Å². The minimum Gasteiger partial charge on any atom is -0.350 e. The Balaban J connectivity index is 2.47. The second-order valence-corrected chi connectivity index (χ2v) is 6.51. The fourth-order valence-corrected chi connectivity index (χ4v) is 2.59. The molecule has 0 radical (unpaired) electrons. The maximum absolute atomic E-state index is 11.7. The fourth-order valence-electron chi connectivity index (χ4n) is 0.962. The molecule has 0 saturated heterocycles. The molecule has 0 aromatic carbocycles. The van der Waals surface area contributed by atoms with Crippen molar-refractivity contribution in [2.24, 2.45) is 5.92 Å². The molecule has 0 fully saturated rings. The second-order valence-electron chi connectivity index (χ2n) is 3.57. The summed E-state index contributed by atoms with van der Waals surface area (Å²) in [5.41, 5.74) is 0. The highest BCUT2D eigenvalue weighted by molar-refractivity contribution is 9.10. The first-order chi connectivity index (χ1) is 7.02. The van der Waals surface area contributed by atoms with Crippen LogP contribution in [0.15, 0.2) is 15.9 Å². The zero-order valence-corrected chi connectivity index (χ0v) is 12.6. The molecule has 1 amide bonds. The van der Waals surface area contributed by atoms with Gasteiger partial charge in [-0.3, -0.25) is 4.79 Å². The summed E-state index contributed by atoms with van der Waals surface area (Å²) in [5, 5.41) is 4.80. The second kappa shape index (κ2) is 6.01. The Morgan fingerprint density at radius 3 is 2.73 bits per heavy atom. The van der Waals surface area contributed by atoms with Crippen molar-refractivity contribution in [1.82, 2.24) is 5.32 Å². The number of hydrogen-bond donors (Lipinski definition) is 1. The lowest BCUT2D eigenvalue weighted by Crippen LogP contribution is -2.31. The zero-order chi connectivity index (χ0) is 11.4. The van der Waals surface area contributed by atoms with Gasteiger partial charge < -0.3 is 5.32 Å². The van der Waals surface area contributed by atoms with E-state index in [4.69, 9.17) is 0 Å². The monoisotopic (exact) mass is 353 g/mol. The van der Waals surface area contributed by atoms with E-state index in [9.17, 15) is 4.79 Å². The molecule has 1 unspecified atom stereocenters. The average molecular weight is 355 g/mol. The Labute approximate surface area is 111 Å². The van der Waals surface area contributed by atoms with Crippen LogP contribution in [0.4, 0.5) is 0 Å². The van der Waals surface area contributed by atoms with Crippen LogP contribution in [-0.4, -0.2) is 17.3 Å². The minimum absolute atomic E-state index is 0.0121. The van der Waals surface area contributed by atoms with Crippen LogP contribution < -0.4 is 5.32 Å². The van der Waals surface area contributed by atoms with Crippen molar-refractivity contribution < 1.29 is 4.79 Å². The molecular weight excluding hydrogens is 342 g/mol. The number of carbonyl (C=O) groups is 1. The van der Waals surface area contributed by atoms with Gasteiger partial charge in [-0.1, -0.05) is 29.8 Å². The maximum Gasteiger partial charge on any atom is 0.262 e. The van der Waals surface area contributed by atoms with Gasteiger partial charge in [-0.05, 0) is 33.3 Å². The summed E-state index contributed by atoms with van der Waals surface area (Å²) >= 11 is 8.31. The predicted molar refractivity (Wildman–Crippen MR) is 71.9 cm³/mol. The average Bonchev–Trinajstić information content (AvgIpc) is 2.60. The summed E-state index contributed by atoms with van der Waals surface area (Å²) in [6, 6.07) is 1.88. The van der Waals surface area contributed by atoms with Gasteiger partial charge in [0.2, 0.25) is 0 Å². The van der Waals surface area contributed by atoms with Crippen LogP contribution in [0, 0.1) is 5.92 Å². The molecule has 0 bridgehead atoms. The lowest BCUT2D eigenvalue weighted by Gasteiger charge is -2.13.